The second kappa shape index (κ2) is 6.84. The minimum Gasteiger partial charge on any atom is -0.386 e. The first-order valence-corrected chi connectivity index (χ1v) is 7.09. The van der Waals surface area contributed by atoms with Crippen molar-refractivity contribution in [1.82, 2.24) is 0 Å². The average molecular weight is 282 g/mol. The van der Waals surface area contributed by atoms with Gasteiger partial charge in [-0.2, -0.15) is 0 Å². The zero-order valence-electron chi connectivity index (χ0n) is 12.3. The van der Waals surface area contributed by atoms with Crippen molar-refractivity contribution >= 4 is 11.9 Å². The molecule has 0 heterocycles. The van der Waals surface area contributed by atoms with E-state index in [2.05, 4.69) is 0 Å². The Bertz CT molecular complexity index is 645. The van der Waals surface area contributed by atoms with Crippen LogP contribution in [0, 0.1) is 0 Å². The van der Waals surface area contributed by atoms with Gasteiger partial charge in [-0.1, -0.05) is 44.2 Å². The van der Waals surface area contributed by atoms with E-state index in [0.29, 0.717) is 17.5 Å². The lowest BCUT2D eigenvalue weighted by Crippen LogP contribution is -2.14. The molecule has 0 radical (unpaired) electrons. The summed E-state index contributed by atoms with van der Waals surface area (Å²) in [5, 5.41) is 0. The summed E-state index contributed by atoms with van der Waals surface area (Å²) in [6.45, 7) is 3.99. The number of carbonyl (C=O) groups excluding carboxylic acids is 2. The maximum absolute atomic E-state index is 12.2. The van der Waals surface area contributed by atoms with E-state index in [-0.39, 0.29) is 0 Å². The smallest absolute Gasteiger partial charge is 0.346 e. The molecule has 3 nitrogen and oxygen atoms in total. The molecule has 0 saturated carbocycles. The van der Waals surface area contributed by atoms with E-state index in [0.717, 1.165) is 17.5 Å². The molecular weight excluding hydrogens is 264 g/mol. The van der Waals surface area contributed by atoms with E-state index in [4.69, 9.17) is 4.74 Å². The van der Waals surface area contributed by atoms with Gasteiger partial charge in [-0.15, -0.1) is 0 Å². The molecule has 0 atom stereocenters. The van der Waals surface area contributed by atoms with E-state index in [1.165, 1.54) is 0 Å². The van der Waals surface area contributed by atoms with Crippen LogP contribution in [0.2, 0.25) is 0 Å². The highest BCUT2D eigenvalue weighted by Crippen LogP contribution is 2.16. The van der Waals surface area contributed by atoms with Crippen molar-refractivity contribution in [3.05, 3.63) is 70.8 Å². The van der Waals surface area contributed by atoms with Gasteiger partial charge in [0, 0.05) is 0 Å². The van der Waals surface area contributed by atoms with Crippen molar-refractivity contribution in [1.29, 1.82) is 0 Å². The van der Waals surface area contributed by atoms with Crippen molar-refractivity contribution in [2.75, 3.05) is 0 Å². The Balaban J connectivity index is 2.22. The zero-order chi connectivity index (χ0) is 15.2. The Labute approximate surface area is 124 Å². The maximum Gasteiger partial charge on any atom is 0.346 e. The summed E-state index contributed by atoms with van der Waals surface area (Å²) >= 11 is 0. The van der Waals surface area contributed by atoms with Gasteiger partial charge in [-0.25, -0.2) is 9.59 Å². The molecule has 0 aliphatic carbocycles. The van der Waals surface area contributed by atoms with Crippen LogP contribution in [0.25, 0.3) is 0 Å². The zero-order valence-corrected chi connectivity index (χ0v) is 12.3. The van der Waals surface area contributed by atoms with Crippen molar-refractivity contribution < 1.29 is 14.3 Å². The molecule has 0 bridgehead atoms. The summed E-state index contributed by atoms with van der Waals surface area (Å²) in [7, 11) is 0. The lowest BCUT2D eigenvalue weighted by molar-refractivity contribution is 0.0397. The number of hydrogen-bond donors (Lipinski definition) is 0. The van der Waals surface area contributed by atoms with E-state index in [1.54, 1.807) is 36.4 Å². The number of carbonyl (C=O) groups is 2. The van der Waals surface area contributed by atoms with Crippen LogP contribution in [0.3, 0.4) is 0 Å². The predicted octanol–water partition coefficient (Wildman–Crippen LogP) is 3.81. The summed E-state index contributed by atoms with van der Waals surface area (Å²) in [6.07, 6.45) is 1.55. The SMILES string of the molecule is CCc1ccc(CC)c(C(=O)OC(=O)c2ccccc2)c1. The summed E-state index contributed by atoms with van der Waals surface area (Å²) < 4.78 is 4.99. The first kappa shape index (κ1) is 15.0. The minimum absolute atomic E-state index is 0.371. The van der Waals surface area contributed by atoms with Crippen LogP contribution in [0.1, 0.15) is 45.7 Å². The van der Waals surface area contributed by atoms with Crippen molar-refractivity contribution in [2.24, 2.45) is 0 Å². The summed E-state index contributed by atoms with van der Waals surface area (Å²) in [5.74, 6) is -1.21. The molecule has 2 aromatic carbocycles. The predicted molar refractivity (Wildman–Crippen MR) is 81.4 cm³/mol. The lowest BCUT2D eigenvalue weighted by Gasteiger charge is -2.09. The summed E-state index contributed by atoms with van der Waals surface area (Å²) in [5.41, 5.74) is 2.78. The van der Waals surface area contributed by atoms with Gasteiger partial charge in [0.2, 0.25) is 0 Å². The molecule has 108 valence electrons. The second-order valence-corrected chi connectivity index (χ2v) is 4.74. The number of aryl methyl sites for hydroxylation is 2. The Morgan fingerprint density at radius 1 is 0.905 bits per heavy atom. The Kier molecular flexibility index (Phi) is 4.88. The number of hydrogen-bond acceptors (Lipinski definition) is 3. The number of rotatable bonds is 4. The fourth-order valence-corrected chi connectivity index (χ4v) is 2.11. The van der Waals surface area contributed by atoms with Crippen molar-refractivity contribution in [3.63, 3.8) is 0 Å². The van der Waals surface area contributed by atoms with Crippen LogP contribution in [0.5, 0.6) is 0 Å². The highest BCUT2D eigenvalue weighted by Gasteiger charge is 2.17. The topological polar surface area (TPSA) is 43.4 Å². The third-order valence-corrected chi connectivity index (χ3v) is 3.38. The molecule has 0 fully saturated rings. The minimum atomic E-state index is -0.621. The van der Waals surface area contributed by atoms with Gasteiger partial charge in [-0.3, -0.25) is 0 Å². The van der Waals surface area contributed by atoms with E-state index >= 15 is 0 Å². The lowest BCUT2D eigenvalue weighted by atomic mass is 10.0. The Hall–Kier alpha value is -2.42. The third-order valence-electron chi connectivity index (χ3n) is 3.38. The fraction of sp³-hybridized carbons (Fsp3) is 0.222. The highest BCUT2D eigenvalue weighted by molar-refractivity contribution is 6.03. The number of benzene rings is 2. The van der Waals surface area contributed by atoms with Gasteiger partial charge >= 0.3 is 11.9 Å². The normalized spacial score (nSPS) is 10.2. The maximum atomic E-state index is 12.2. The summed E-state index contributed by atoms with van der Waals surface area (Å²) in [6, 6.07) is 14.2. The van der Waals surface area contributed by atoms with Crippen LogP contribution < -0.4 is 0 Å². The molecule has 2 rings (SSSR count). The van der Waals surface area contributed by atoms with E-state index < -0.39 is 11.9 Å². The van der Waals surface area contributed by atoms with Gasteiger partial charge in [-0.05, 0) is 42.2 Å². The molecule has 21 heavy (non-hydrogen) atoms. The monoisotopic (exact) mass is 282 g/mol. The molecule has 0 spiro atoms. The van der Waals surface area contributed by atoms with E-state index in [1.807, 2.05) is 26.0 Å². The van der Waals surface area contributed by atoms with Crippen LogP contribution >= 0.6 is 0 Å². The highest BCUT2D eigenvalue weighted by atomic mass is 16.6. The Morgan fingerprint density at radius 2 is 1.62 bits per heavy atom. The number of ether oxygens (including phenoxy) is 1. The van der Waals surface area contributed by atoms with Crippen molar-refractivity contribution in [3.8, 4) is 0 Å². The molecule has 0 aliphatic heterocycles. The molecule has 0 N–H and O–H groups in total. The Morgan fingerprint density at radius 3 is 2.24 bits per heavy atom. The standard InChI is InChI=1S/C18H18O3/c1-3-13-10-11-14(4-2)16(12-13)18(20)21-17(19)15-8-6-5-7-9-15/h5-12H,3-4H2,1-2H3. The fourth-order valence-electron chi connectivity index (χ4n) is 2.11. The molecule has 0 aliphatic rings. The van der Waals surface area contributed by atoms with Gasteiger partial charge in [0.05, 0.1) is 11.1 Å². The van der Waals surface area contributed by atoms with Crippen LogP contribution in [-0.2, 0) is 17.6 Å². The average Bonchev–Trinajstić information content (AvgIpc) is 2.54. The molecule has 0 aromatic heterocycles. The second-order valence-electron chi connectivity index (χ2n) is 4.74. The van der Waals surface area contributed by atoms with Crippen LogP contribution in [0.4, 0.5) is 0 Å². The molecular formula is C18H18O3. The van der Waals surface area contributed by atoms with Crippen LogP contribution in [0.15, 0.2) is 48.5 Å². The summed E-state index contributed by atoms with van der Waals surface area (Å²) in [4.78, 5) is 24.2. The first-order chi connectivity index (χ1) is 10.2. The van der Waals surface area contributed by atoms with Gasteiger partial charge in [0.25, 0.3) is 0 Å². The van der Waals surface area contributed by atoms with Gasteiger partial charge in [0.1, 0.15) is 0 Å². The number of esters is 2. The molecule has 0 unspecified atom stereocenters. The molecule has 0 saturated heterocycles. The third kappa shape index (κ3) is 3.57. The van der Waals surface area contributed by atoms with Crippen molar-refractivity contribution in [2.45, 2.75) is 26.7 Å². The van der Waals surface area contributed by atoms with Gasteiger partial charge in [0.15, 0.2) is 0 Å². The molecule has 3 heteroatoms. The first-order valence-electron chi connectivity index (χ1n) is 7.09. The molecule has 0 amide bonds. The molecule has 2 aromatic rings. The van der Waals surface area contributed by atoms with Crippen LogP contribution in [-0.4, -0.2) is 11.9 Å². The largest absolute Gasteiger partial charge is 0.386 e. The van der Waals surface area contributed by atoms with E-state index in [9.17, 15) is 9.59 Å². The quantitative estimate of drug-likeness (QED) is 0.632. The van der Waals surface area contributed by atoms with Gasteiger partial charge < -0.3 is 4.74 Å².